The Bertz CT molecular complexity index is 2110. The van der Waals surface area contributed by atoms with Crippen LogP contribution in [0.2, 0.25) is 13.1 Å². The van der Waals surface area contributed by atoms with Gasteiger partial charge in [0.05, 0.1) is 0 Å². The van der Waals surface area contributed by atoms with Crippen LogP contribution in [-0.2, 0) is 20.8 Å². The van der Waals surface area contributed by atoms with E-state index in [1.54, 1.807) is 0 Å². The third kappa shape index (κ3) is 8.70. The van der Waals surface area contributed by atoms with Gasteiger partial charge in [0.1, 0.15) is 0 Å². The number of hydrogen-bond donors (Lipinski definition) is 0. The summed E-state index contributed by atoms with van der Waals surface area (Å²) in [5.41, 5.74) is 13.7. The van der Waals surface area contributed by atoms with Crippen molar-refractivity contribution in [2.75, 3.05) is 0 Å². The van der Waals surface area contributed by atoms with Crippen LogP contribution < -0.4 is 0 Å². The molecule has 7 aromatic rings. The van der Waals surface area contributed by atoms with Crippen LogP contribution in [0.1, 0.15) is 53.1 Å². The van der Waals surface area contributed by atoms with E-state index in [0.717, 1.165) is 9.52 Å². The number of fused-ring (bicyclic) bond motifs is 3. The van der Waals surface area contributed by atoms with Gasteiger partial charge in [-0.05, 0) is 65.3 Å². The van der Waals surface area contributed by atoms with Crippen LogP contribution in [0.5, 0.6) is 0 Å². The Kier molecular flexibility index (Phi) is 14.1. The van der Waals surface area contributed by atoms with Gasteiger partial charge in [-0.25, -0.2) is 0 Å². The fourth-order valence-corrected chi connectivity index (χ4v) is 6.36. The number of hydrogen-bond acceptors (Lipinski definition) is 0. The molecular formula is C44H46Cl2SiZr. The van der Waals surface area contributed by atoms with Crippen LogP contribution in [0.3, 0.4) is 0 Å². The molecule has 0 bridgehead atoms. The predicted octanol–water partition coefficient (Wildman–Crippen LogP) is 14.4. The molecule has 0 atom stereocenters. The first-order chi connectivity index (χ1) is 23.1. The first-order valence-electron chi connectivity index (χ1n) is 16.5. The maximum atomic E-state index is 4.93. The fraction of sp³-hybridized carbons (Fsp3) is 0.227. The molecular weight excluding hydrogens is 719 g/mol. The van der Waals surface area contributed by atoms with Gasteiger partial charge < -0.3 is 0 Å². The number of aryl methyl sites for hydroxylation is 3. The van der Waals surface area contributed by atoms with Crippen molar-refractivity contribution in [1.82, 2.24) is 0 Å². The zero-order chi connectivity index (χ0) is 35.0. The number of benzene rings is 5. The average molecular weight is 765 g/mol. The third-order valence-electron chi connectivity index (χ3n) is 9.12. The molecule has 0 unspecified atom stereocenters. The Balaban J connectivity index is 0.000000187. The Hall–Kier alpha value is -2.74. The van der Waals surface area contributed by atoms with E-state index in [2.05, 4.69) is 171 Å². The molecule has 244 valence electrons. The summed E-state index contributed by atoms with van der Waals surface area (Å²) in [7, 11) is 11.0. The Morgan fingerprint density at radius 2 is 1.15 bits per heavy atom. The molecule has 0 N–H and O–H groups in total. The molecule has 2 radical (unpaired) electrons. The molecule has 0 nitrogen and oxygen atoms in total. The van der Waals surface area contributed by atoms with E-state index in [-0.39, 0.29) is 0 Å². The van der Waals surface area contributed by atoms with Gasteiger partial charge in [0, 0.05) is 9.52 Å². The van der Waals surface area contributed by atoms with Crippen LogP contribution in [0, 0.1) is 34.6 Å². The second-order valence-electron chi connectivity index (χ2n) is 12.8. The van der Waals surface area contributed by atoms with Crippen molar-refractivity contribution in [3.8, 4) is 22.3 Å². The summed E-state index contributed by atoms with van der Waals surface area (Å²) < 4.78 is 0. The van der Waals surface area contributed by atoms with Gasteiger partial charge in [0.15, 0.2) is 0 Å². The minimum atomic E-state index is -0.826. The standard InChI is InChI=1S/C21H17.C21H23.C2H6Si.2ClH.Zr/c1-14-12-20-15(2)10-11-19(21(20)13-14)18-9-5-7-16-6-3-4-8-17(16)18;1-13(2)18-11-17-7-6-8-20(21(17)12-18)19-10-9-14(3)15(4)16(19)5;1-3-2;;;/h3-13H,1-2H3;6-13H,1-5H3;1-2H3;2*1H;/q2*-1;;;;+4/p-2. The van der Waals surface area contributed by atoms with E-state index in [0.29, 0.717) is 5.92 Å². The maximum absolute atomic E-state index is 4.93. The summed E-state index contributed by atoms with van der Waals surface area (Å²) in [4.78, 5) is 0. The number of halogens is 2. The Morgan fingerprint density at radius 3 is 1.83 bits per heavy atom. The van der Waals surface area contributed by atoms with Gasteiger partial charge in [-0.15, -0.1) is 68.6 Å². The summed E-state index contributed by atoms with van der Waals surface area (Å²) >= 11 is -0.826. The summed E-state index contributed by atoms with van der Waals surface area (Å²) in [6.45, 7) is 19.8. The molecule has 0 aliphatic carbocycles. The molecule has 48 heavy (non-hydrogen) atoms. The second-order valence-corrected chi connectivity index (χ2v) is 17.6. The van der Waals surface area contributed by atoms with E-state index < -0.39 is 20.8 Å². The van der Waals surface area contributed by atoms with E-state index in [1.165, 1.54) is 88.0 Å². The first-order valence-corrected chi connectivity index (χ1v) is 24.8. The van der Waals surface area contributed by atoms with Gasteiger partial charge >= 0.3 is 37.9 Å². The van der Waals surface area contributed by atoms with Crippen molar-refractivity contribution in [3.05, 3.63) is 143 Å². The van der Waals surface area contributed by atoms with E-state index >= 15 is 0 Å². The van der Waals surface area contributed by atoms with Gasteiger partial charge in [0.25, 0.3) is 0 Å². The van der Waals surface area contributed by atoms with E-state index in [4.69, 9.17) is 17.0 Å². The summed E-state index contributed by atoms with van der Waals surface area (Å²) in [6.07, 6.45) is 0. The van der Waals surface area contributed by atoms with Crippen molar-refractivity contribution in [2.45, 2.75) is 67.5 Å². The SMILES string of the molecule is C[Si]C.Cc1cc2c(-c3cccc4ccccc34)ccc(C)c2[cH-]1.Cc1ccc(-c2cccc3[cH-]c(C(C)C)cc23)c(C)c1C.[Cl][Zr+2][Cl]. The molecule has 0 saturated carbocycles. The summed E-state index contributed by atoms with van der Waals surface area (Å²) in [6, 6.07) is 40.1. The van der Waals surface area contributed by atoms with Gasteiger partial charge in [-0.3, -0.25) is 0 Å². The van der Waals surface area contributed by atoms with E-state index in [1.807, 2.05) is 0 Å². The van der Waals surface area contributed by atoms with Gasteiger partial charge in [0.2, 0.25) is 0 Å². The fourth-order valence-electron chi connectivity index (χ4n) is 6.36. The van der Waals surface area contributed by atoms with Crippen LogP contribution in [0.25, 0.3) is 54.6 Å². The van der Waals surface area contributed by atoms with Crippen molar-refractivity contribution < 1.29 is 20.8 Å². The number of rotatable bonds is 3. The molecule has 0 amide bonds. The summed E-state index contributed by atoms with van der Waals surface area (Å²) in [5.74, 6) is 0.575. The molecule has 0 saturated heterocycles. The van der Waals surface area contributed by atoms with Gasteiger partial charge in [-0.2, -0.15) is 12.1 Å². The van der Waals surface area contributed by atoms with Crippen molar-refractivity contribution in [3.63, 3.8) is 0 Å². The zero-order valence-electron chi connectivity index (χ0n) is 29.7. The minimum absolute atomic E-state index is 0.575. The zero-order valence-corrected chi connectivity index (χ0v) is 34.7. The monoisotopic (exact) mass is 762 g/mol. The molecule has 0 heterocycles. The van der Waals surface area contributed by atoms with Crippen molar-refractivity contribution >= 4 is 58.9 Å². The predicted molar refractivity (Wildman–Crippen MR) is 214 cm³/mol. The molecule has 4 heteroatoms. The van der Waals surface area contributed by atoms with Crippen molar-refractivity contribution in [1.29, 1.82) is 0 Å². The summed E-state index contributed by atoms with van der Waals surface area (Å²) in [5, 5.41) is 8.10. The van der Waals surface area contributed by atoms with Crippen LogP contribution in [-0.4, -0.2) is 9.52 Å². The molecule has 0 aromatic heterocycles. The second kappa shape index (κ2) is 17.8. The molecule has 0 spiro atoms. The topological polar surface area (TPSA) is 0 Å². The molecule has 0 aliphatic heterocycles. The van der Waals surface area contributed by atoms with Crippen LogP contribution in [0.4, 0.5) is 0 Å². The van der Waals surface area contributed by atoms with Crippen LogP contribution >= 0.6 is 17.0 Å². The molecule has 7 rings (SSSR count). The normalized spacial score (nSPS) is 10.6. The molecule has 0 fully saturated rings. The third-order valence-corrected chi connectivity index (χ3v) is 9.12. The van der Waals surface area contributed by atoms with Gasteiger partial charge in [-0.1, -0.05) is 119 Å². The van der Waals surface area contributed by atoms with Crippen molar-refractivity contribution in [2.24, 2.45) is 0 Å². The molecule has 7 aromatic carbocycles. The Morgan fingerprint density at radius 1 is 0.583 bits per heavy atom. The van der Waals surface area contributed by atoms with Crippen LogP contribution in [0.15, 0.2) is 109 Å². The van der Waals surface area contributed by atoms with E-state index in [9.17, 15) is 0 Å². The quantitative estimate of drug-likeness (QED) is 0.124. The average Bonchev–Trinajstić information content (AvgIpc) is 3.70. The Labute approximate surface area is 309 Å². The molecule has 0 aliphatic rings. The first kappa shape index (κ1) is 38.1.